The van der Waals surface area contributed by atoms with Gasteiger partial charge in [0.2, 0.25) is 0 Å². The standard InChI is InChI=1S/C11H9FN2O2S/c1-14-8(10(16)13-11(14)17)4-6-2-3-7(12)5-9(6)15/h2-5,15H,1H3,(H,13,16,17)/b8-4-. The van der Waals surface area contributed by atoms with Crippen LogP contribution in [0, 0.1) is 5.82 Å². The maximum absolute atomic E-state index is 12.8. The lowest BCUT2D eigenvalue weighted by Gasteiger charge is -2.09. The Kier molecular flexibility index (Phi) is 2.81. The maximum Gasteiger partial charge on any atom is 0.274 e. The van der Waals surface area contributed by atoms with E-state index in [0.29, 0.717) is 16.4 Å². The number of rotatable bonds is 1. The molecule has 0 aromatic heterocycles. The van der Waals surface area contributed by atoms with Gasteiger partial charge >= 0.3 is 0 Å². The quantitative estimate of drug-likeness (QED) is 0.583. The number of carbonyl (C=O) groups is 1. The second kappa shape index (κ2) is 4.14. The van der Waals surface area contributed by atoms with E-state index in [1.54, 1.807) is 7.05 Å². The van der Waals surface area contributed by atoms with Crippen LogP contribution >= 0.6 is 12.2 Å². The van der Waals surface area contributed by atoms with Gasteiger partial charge in [0.15, 0.2) is 5.11 Å². The lowest BCUT2D eigenvalue weighted by Crippen LogP contribution is -2.23. The number of hydrogen-bond donors (Lipinski definition) is 2. The highest BCUT2D eigenvalue weighted by atomic mass is 32.1. The van der Waals surface area contributed by atoms with E-state index in [1.807, 2.05) is 0 Å². The summed E-state index contributed by atoms with van der Waals surface area (Å²) in [6, 6.07) is 3.58. The van der Waals surface area contributed by atoms with E-state index in [4.69, 9.17) is 12.2 Å². The van der Waals surface area contributed by atoms with Crippen LogP contribution in [0.5, 0.6) is 5.75 Å². The summed E-state index contributed by atoms with van der Waals surface area (Å²) in [7, 11) is 1.63. The molecule has 17 heavy (non-hydrogen) atoms. The molecule has 0 unspecified atom stereocenters. The first-order valence-electron chi connectivity index (χ1n) is 4.78. The van der Waals surface area contributed by atoms with Gasteiger partial charge in [0.1, 0.15) is 17.3 Å². The van der Waals surface area contributed by atoms with E-state index in [2.05, 4.69) is 5.32 Å². The molecule has 1 aromatic carbocycles. The number of aromatic hydroxyl groups is 1. The minimum absolute atomic E-state index is 0.225. The Bertz CT molecular complexity index is 542. The third-order valence-corrected chi connectivity index (χ3v) is 2.78. The molecule has 4 nitrogen and oxygen atoms in total. The average molecular weight is 252 g/mol. The van der Waals surface area contributed by atoms with Gasteiger partial charge in [-0.1, -0.05) is 0 Å². The van der Waals surface area contributed by atoms with Crippen molar-refractivity contribution >= 4 is 29.3 Å². The van der Waals surface area contributed by atoms with Crippen molar-refractivity contribution in [1.29, 1.82) is 0 Å². The molecule has 6 heteroatoms. The van der Waals surface area contributed by atoms with Crippen molar-refractivity contribution in [2.45, 2.75) is 0 Å². The largest absolute Gasteiger partial charge is 0.507 e. The topological polar surface area (TPSA) is 52.6 Å². The molecule has 0 atom stereocenters. The molecule has 1 saturated heterocycles. The number of amides is 1. The summed E-state index contributed by atoms with van der Waals surface area (Å²) in [4.78, 5) is 13.0. The Morgan fingerprint density at radius 1 is 1.53 bits per heavy atom. The van der Waals surface area contributed by atoms with Crippen LogP contribution in [0.15, 0.2) is 23.9 Å². The predicted octanol–water partition coefficient (Wildman–Crippen LogP) is 1.22. The SMILES string of the molecule is CN1C(=S)NC(=O)/C1=C/c1ccc(F)cc1O. The van der Waals surface area contributed by atoms with Crippen LogP contribution in [-0.4, -0.2) is 28.1 Å². The van der Waals surface area contributed by atoms with E-state index >= 15 is 0 Å². The molecule has 1 fully saturated rings. The monoisotopic (exact) mass is 252 g/mol. The zero-order chi connectivity index (χ0) is 12.6. The van der Waals surface area contributed by atoms with Gasteiger partial charge in [0, 0.05) is 18.7 Å². The third kappa shape index (κ3) is 2.12. The normalized spacial score (nSPS) is 17.8. The number of halogens is 1. The van der Waals surface area contributed by atoms with Crippen LogP contribution < -0.4 is 5.32 Å². The Balaban J connectivity index is 2.42. The summed E-state index contributed by atoms with van der Waals surface area (Å²) >= 11 is 4.90. The Labute approximate surface area is 102 Å². The minimum atomic E-state index is -0.538. The van der Waals surface area contributed by atoms with E-state index in [1.165, 1.54) is 23.1 Å². The fourth-order valence-electron chi connectivity index (χ4n) is 1.46. The molecular formula is C11H9FN2O2S. The van der Waals surface area contributed by atoms with E-state index in [9.17, 15) is 14.3 Å². The fraction of sp³-hybridized carbons (Fsp3) is 0.0909. The Hall–Kier alpha value is -1.95. The second-order valence-corrected chi connectivity index (χ2v) is 3.94. The van der Waals surface area contributed by atoms with Crippen LogP contribution in [0.1, 0.15) is 5.56 Å². The van der Waals surface area contributed by atoms with E-state index in [-0.39, 0.29) is 11.7 Å². The summed E-state index contributed by atoms with van der Waals surface area (Å²) in [5.41, 5.74) is 0.657. The lowest BCUT2D eigenvalue weighted by atomic mass is 10.1. The summed E-state index contributed by atoms with van der Waals surface area (Å²) < 4.78 is 12.8. The average Bonchev–Trinajstić information content (AvgIpc) is 2.48. The van der Waals surface area contributed by atoms with Gasteiger partial charge in [-0.05, 0) is 30.4 Å². The molecule has 0 spiro atoms. The summed E-state index contributed by atoms with van der Waals surface area (Å²) in [5.74, 6) is -1.11. The second-order valence-electron chi connectivity index (χ2n) is 3.55. The van der Waals surface area contributed by atoms with Gasteiger partial charge in [-0.2, -0.15) is 0 Å². The number of nitrogens with one attached hydrogen (secondary N) is 1. The number of nitrogens with zero attached hydrogens (tertiary/aromatic N) is 1. The smallest absolute Gasteiger partial charge is 0.274 e. The van der Waals surface area contributed by atoms with Gasteiger partial charge in [-0.25, -0.2) is 4.39 Å². The molecule has 0 bridgehead atoms. The first-order chi connectivity index (χ1) is 7.99. The molecule has 88 valence electrons. The number of thiocarbonyl (C=S) groups is 1. The zero-order valence-electron chi connectivity index (χ0n) is 8.90. The molecule has 1 amide bonds. The van der Waals surface area contributed by atoms with Crippen LogP contribution in [-0.2, 0) is 4.79 Å². The molecule has 2 N–H and O–H groups in total. The molecule has 0 saturated carbocycles. The number of benzene rings is 1. The summed E-state index contributed by atoms with van der Waals surface area (Å²) in [5, 5.41) is 12.3. The molecule has 2 rings (SSSR count). The van der Waals surface area contributed by atoms with Gasteiger partial charge in [-0.3, -0.25) is 10.1 Å². The molecule has 1 aliphatic heterocycles. The molecule has 1 aliphatic rings. The molecular weight excluding hydrogens is 243 g/mol. The van der Waals surface area contributed by atoms with Crippen LogP contribution in [0.2, 0.25) is 0 Å². The summed E-state index contributed by atoms with van der Waals surface area (Å²) in [6.45, 7) is 0. The van der Waals surface area contributed by atoms with Crippen molar-refractivity contribution in [2.75, 3.05) is 7.05 Å². The first kappa shape index (κ1) is 11.5. The van der Waals surface area contributed by atoms with Crippen LogP contribution in [0.4, 0.5) is 4.39 Å². The fourth-order valence-corrected chi connectivity index (χ4v) is 1.65. The van der Waals surface area contributed by atoms with Crippen LogP contribution in [0.25, 0.3) is 6.08 Å². The molecule has 0 radical (unpaired) electrons. The first-order valence-corrected chi connectivity index (χ1v) is 5.19. The number of phenols is 1. The van der Waals surface area contributed by atoms with Crippen molar-refractivity contribution < 1.29 is 14.3 Å². The molecule has 0 aliphatic carbocycles. The highest BCUT2D eigenvalue weighted by Gasteiger charge is 2.26. The number of phenolic OH excluding ortho intramolecular Hbond substituents is 1. The molecule has 1 aromatic rings. The van der Waals surface area contributed by atoms with Crippen LogP contribution in [0.3, 0.4) is 0 Å². The van der Waals surface area contributed by atoms with E-state index in [0.717, 1.165) is 6.07 Å². The van der Waals surface area contributed by atoms with Crippen molar-refractivity contribution in [2.24, 2.45) is 0 Å². The van der Waals surface area contributed by atoms with Gasteiger partial charge < -0.3 is 10.0 Å². The van der Waals surface area contributed by atoms with Crippen molar-refractivity contribution in [1.82, 2.24) is 10.2 Å². The van der Waals surface area contributed by atoms with Gasteiger partial charge in [0.05, 0.1) is 0 Å². The Morgan fingerprint density at radius 2 is 2.24 bits per heavy atom. The van der Waals surface area contributed by atoms with Gasteiger partial charge in [-0.15, -0.1) is 0 Å². The van der Waals surface area contributed by atoms with Gasteiger partial charge in [0.25, 0.3) is 5.91 Å². The predicted molar refractivity (Wildman–Crippen MR) is 64.5 cm³/mol. The molecule has 1 heterocycles. The van der Waals surface area contributed by atoms with E-state index < -0.39 is 5.82 Å². The Morgan fingerprint density at radius 3 is 2.76 bits per heavy atom. The highest BCUT2D eigenvalue weighted by Crippen LogP contribution is 2.23. The third-order valence-electron chi connectivity index (χ3n) is 2.40. The zero-order valence-corrected chi connectivity index (χ0v) is 9.71. The van der Waals surface area contributed by atoms with Crippen molar-refractivity contribution in [3.05, 3.63) is 35.3 Å². The maximum atomic E-state index is 12.8. The number of carbonyl (C=O) groups excluding carboxylic acids is 1. The highest BCUT2D eigenvalue weighted by molar-refractivity contribution is 7.80. The lowest BCUT2D eigenvalue weighted by molar-refractivity contribution is -0.115. The number of hydrogen-bond acceptors (Lipinski definition) is 3. The van der Waals surface area contributed by atoms with Crippen molar-refractivity contribution in [3.8, 4) is 5.75 Å². The summed E-state index contributed by atoms with van der Waals surface area (Å²) in [6.07, 6.45) is 1.45. The van der Waals surface area contributed by atoms with Crippen molar-refractivity contribution in [3.63, 3.8) is 0 Å². The number of likely N-dealkylation sites (N-methyl/N-ethyl adjacent to an activating group) is 1. The minimum Gasteiger partial charge on any atom is -0.507 e.